The van der Waals surface area contributed by atoms with Gasteiger partial charge in [0.25, 0.3) is 5.92 Å². The maximum atomic E-state index is 14.2. The molecule has 0 bridgehead atoms. The summed E-state index contributed by atoms with van der Waals surface area (Å²) in [6, 6.07) is 8.25. The van der Waals surface area contributed by atoms with Crippen LogP contribution in [0.5, 0.6) is 0 Å². The van der Waals surface area contributed by atoms with Gasteiger partial charge in [0.2, 0.25) is 0 Å². The monoisotopic (exact) mass is 389 g/mol. The molecule has 0 saturated heterocycles. The molecule has 0 aliphatic heterocycles. The Morgan fingerprint density at radius 3 is 2.71 bits per heavy atom. The molecule has 0 atom stereocenters. The summed E-state index contributed by atoms with van der Waals surface area (Å²) in [5.41, 5.74) is -0.340. The minimum absolute atomic E-state index is 0.234. The molecule has 28 heavy (non-hydrogen) atoms. The first-order valence-corrected chi connectivity index (χ1v) is 8.50. The van der Waals surface area contributed by atoms with Gasteiger partial charge in [-0.3, -0.25) is 4.57 Å². The molecule has 6 nitrogen and oxygen atoms in total. The molecule has 0 radical (unpaired) electrons. The standard InChI is InChI=1S/C19H18F3N5O/c1-19(21,22)14-5-3-6-15(17(14)20)26-18(28)24-9-8-13-4-2-7-16(25-13)27-11-10-23-12-27/h2-7,10-12H,8-9H2,1H3,(H2,24,26,28). The van der Waals surface area contributed by atoms with Gasteiger partial charge < -0.3 is 10.6 Å². The number of hydrogen-bond donors (Lipinski definition) is 2. The number of nitrogens with zero attached hydrogens (tertiary/aromatic N) is 3. The summed E-state index contributed by atoms with van der Waals surface area (Å²) in [6.07, 6.45) is 5.47. The van der Waals surface area contributed by atoms with Gasteiger partial charge >= 0.3 is 6.03 Å². The highest BCUT2D eigenvalue weighted by Gasteiger charge is 2.29. The van der Waals surface area contributed by atoms with E-state index in [1.807, 2.05) is 18.2 Å². The number of hydrogen-bond acceptors (Lipinski definition) is 3. The highest BCUT2D eigenvalue weighted by atomic mass is 19.3. The number of carbonyl (C=O) groups excluding carboxylic acids is 1. The average Bonchev–Trinajstić information content (AvgIpc) is 3.17. The van der Waals surface area contributed by atoms with Crippen LogP contribution in [-0.4, -0.2) is 27.1 Å². The van der Waals surface area contributed by atoms with Gasteiger partial charge in [0.05, 0.1) is 11.3 Å². The highest BCUT2D eigenvalue weighted by molar-refractivity contribution is 5.89. The molecular formula is C19H18F3N5O. The lowest BCUT2D eigenvalue weighted by Gasteiger charge is -2.15. The van der Waals surface area contributed by atoms with E-state index in [1.165, 1.54) is 12.1 Å². The van der Waals surface area contributed by atoms with Crippen molar-refractivity contribution in [1.29, 1.82) is 0 Å². The number of pyridine rings is 1. The Kier molecular flexibility index (Phi) is 5.62. The molecule has 0 aliphatic carbocycles. The Bertz CT molecular complexity index is 954. The number of imidazole rings is 1. The van der Waals surface area contributed by atoms with Crippen LogP contribution < -0.4 is 10.6 Å². The maximum absolute atomic E-state index is 14.2. The molecule has 0 aliphatic rings. The highest BCUT2D eigenvalue weighted by Crippen LogP contribution is 2.32. The van der Waals surface area contributed by atoms with Crippen molar-refractivity contribution < 1.29 is 18.0 Å². The molecule has 2 heterocycles. The normalized spacial score (nSPS) is 11.3. The van der Waals surface area contributed by atoms with Crippen molar-refractivity contribution >= 4 is 11.7 Å². The average molecular weight is 389 g/mol. The van der Waals surface area contributed by atoms with Crippen LogP contribution in [0.25, 0.3) is 5.82 Å². The van der Waals surface area contributed by atoms with Crippen LogP contribution >= 0.6 is 0 Å². The third-order valence-electron chi connectivity index (χ3n) is 3.95. The molecule has 0 spiro atoms. The second kappa shape index (κ2) is 8.12. The number of aromatic nitrogens is 3. The Morgan fingerprint density at radius 2 is 2.00 bits per heavy atom. The van der Waals surface area contributed by atoms with Crippen LogP contribution in [0.4, 0.5) is 23.7 Å². The molecule has 9 heteroatoms. The number of nitrogens with one attached hydrogen (secondary N) is 2. The lowest BCUT2D eigenvalue weighted by Crippen LogP contribution is -2.31. The topological polar surface area (TPSA) is 71.8 Å². The molecule has 0 saturated carbocycles. The number of rotatable bonds is 6. The van der Waals surface area contributed by atoms with Gasteiger partial charge in [-0.2, -0.15) is 0 Å². The van der Waals surface area contributed by atoms with Gasteiger partial charge in [-0.1, -0.05) is 12.1 Å². The van der Waals surface area contributed by atoms with Crippen LogP contribution in [0.15, 0.2) is 55.1 Å². The zero-order chi connectivity index (χ0) is 20.1. The lowest BCUT2D eigenvalue weighted by atomic mass is 10.1. The van der Waals surface area contributed by atoms with Crippen LogP contribution in [0.1, 0.15) is 18.2 Å². The largest absolute Gasteiger partial charge is 0.337 e. The van der Waals surface area contributed by atoms with Crippen molar-refractivity contribution in [2.45, 2.75) is 19.3 Å². The van der Waals surface area contributed by atoms with Crippen LogP contribution in [-0.2, 0) is 12.3 Å². The predicted octanol–water partition coefficient (Wildman–Crippen LogP) is 3.88. The van der Waals surface area contributed by atoms with E-state index in [2.05, 4.69) is 20.6 Å². The first-order chi connectivity index (χ1) is 13.3. The predicted molar refractivity (Wildman–Crippen MR) is 98.1 cm³/mol. The smallest absolute Gasteiger partial charge is 0.319 e. The summed E-state index contributed by atoms with van der Waals surface area (Å²) in [6.45, 7) is 0.831. The fourth-order valence-corrected chi connectivity index (χ4v) is 2.58. The quantitative estimate of drug-likeness (QED) is 0.672. The fraction of sp³-hybridized carbons (Fsp3) is 0.211. The number of halogens is 3. The molecule has 146 valence electrons. The second-order valence-corrected chi connectivity index (χ2v) is 6.14. The van der Waals surface area contributed by atoms with Crippen molar-refractivity contribution in [2.24, 2.45) is 0 Å². The molecule has 2 N–H and O–H groups in total. The van der Waals surface area contributed by atoms with E-state index >= 15 is 0 Å². The SMILES string of the molecule is CC(F)(F)c1cccc(NC(=O)NCCc2cccc(-n3ccnc3)n2)c1F. The van der Waals surface area contributed by atoms with Gasteiger partial charge in [0, 0.05) is 38.0 Å². The fourth-order valence-electron chi connectivity index (χ4n) is 2.58. The molecule has 0 fully saturated rings. The zero-order valence-corrected chi connectivity index (χ0v) is 15.0. The molecule has 2 amide bonds. The van der Waals surface area contributed by atoms with Crippen LogP contribution in [0, 0.1) is 5.82 Å². The minimum atomic E-state index is -3.34. The molecule has 2 aromatic heterocycles. The number of benzene rings is 1. The van der Waals surface area contributed by atoms with Gasteiger partial charge in [-0.25, -0.2) is 27.9 Å². The van der Waals surface area contributed by atoms with E-state index in [0.717, 1.165) is 11.8 Å². The number of amides is 2. The van der Waals surface area contributed by atoms with Gasteiger partial charge in [0.1, 0.15) is 12.1 Å². The van der Waals surface area contributed by atoms with Crippen molar-refractivity contribution in [3.63, 3.8) is 0 Å². The van der Waals surface area contributed by atoms with E-state index in [4.69, 9.17) is 0 Å². The summed E-state index contributed by atoms with van der Waals surface area (Å²) < 4.78 is 42.7. The Balaban J connectivity index is 1.57. The minimum Gasteiger partial charge on any atom is -0.337 e. The third-order valence-corrected chi connectivity index (χ3v) is 3.95. The molecule has 0 unspecified atom stereocenters. The van der Waals surface area contributed by atoms with Crippen molar-refractivity contribution in [3.8, 4) is 5.82 Å². The number of carbonyl (C=O) groups is 1. The first-order valence-electron chi connectivity index (χ1n) is 8.50. The van der Waals surface area contributed by atoms with E-state index in [0.29, 0.717) is 19.2 Å². The molecule has 3 aromatic rings. The molecule has 1 aromatic carbocycles. The van der Waals surface area contributed by atoms with Gasteiger partial charge in [-0.15, -0.1) is 0 Å². The molecular weight excluding hydrogens is 371 g/mol. The summed E-state index contributed by atoms with van der Waals surface area (Å²) >= 11 is 0. The number of urea groups is 1. The summed E-state index contributed by atoms with van der Waals surface area (Å²) in [5.74, 6) is -3.80. The zero-order valence-electron chi connectivity index (χ0n) is 15.0. The summed E-state index contributed by atoms with van der Waals surface area (Å²) in [7, 11) is 0. The van der Waals surface area contributed by atoms with Crippen LogP contribution in [0.2, 0.25) is 0 Å². The first kappa shape index (κ1) is 19.4. The van der Waals surface area contributed by atoms with Gasteiger partial charge in [-0.05, 0) is 24.3 Å². The van der Waals surface area contributed by atoms with E-state index < -0.39 is 23.3 Å². The third kappa shape index (κ3) is 4.67. The number of anilines is 1. The second-order valence-electron chi connectivity index (χ2n) is 6.14. The maximum Gasteiger partial charge on any atom is 0.319 e. The van der Waals surface area contributed by atoms with Crippen molar-refractivity contribution in [3.05, 3.63) is 72.2 Å². The Morgan fingerprint density at radius 1 is 1.21 bits per heavy atom. The summed E-state index contributed by atoms with van der Waals surface area (Å²) in [5, 5.41) is 4.81. The van der Waals surface area contributed by atoms with Crippen molar-refractivity contribution in [2.75, 3.05) is 11.9 Å². The number of alkyl halides is 2. The van der Waals surface area contributed by atoms with Crippen molar-refractivity contribution in [1.82, 2.24) is 19.9 Å². The van der Waals surface area contributed by atoms with Crippen LogP contribution in [0.3, 0.4) is 0 Å². The Hall–Kier alpha value is -3.36. The van der Waals surface area contributed by atoms with E-state index in [9.17, 15) is 18.0 Å². The molecule has 3 rings (SSSR count). The summed E-state index contributed by atoms with van der Waals surface area (Å²) in [4.78, 5) is 20.4. The Labute approximate surface area is 159 Å². The van der Waals surface area contributed by atoms with E-state index in [-0.39, 0.29) is 12.2 Å². The van der Waals surface area contributed by atoms with E-state index in [1.54, 1.807) is 23.3 Å². The van der Waals surface area contributed by atoms with Gasteiger partial charge in [0.15, 0.2) is 5.82 Å². The lowest BCUT2D eigenvalue weighted by molar-refractivity contribution is 0.0139.